The number of para-hydroxylation sites is 1. The van der Waals surface area contributed by atoms with Gasteiger partial charge in [-0.15, -0.1) is 0 Å². The first-order chi connectivity index (χ1) is 25.7. The summed E-state index contributed by atoms with van der Waals surface area (Å²) in [7, 11) is 0. The topological polar surface area (TPSA) is 50.2 Å². The Kier molecular flexibility index (Phi) is 8.03. The Morgan fingerprint density at radius 2 is 1.17 bits per heavy atom. The Morgan fingerprint density at radius 1 is 0.519 bits per heavy atom. The standard InChI is InChI=1S/C48H33N3O/c1-49-48(51-47(50-31-32-12-4-2-5-13-32)38-26-27-40-37(30-38)25-24-35-16-8-9-17-39(35)40)43-29-28-41(46-45(43)42-18-10-11-19-44(42)52-46)36-22-20-34(21-23-36)33-14-6-3-7-15-33/h2-30H,1,31H2/b50-47-,51-48-. The summed E-state index contributed by atoms with van der Waals surface area (Å²) in [6.45, 7) is 4.48. The van der Waals surface area contributed by atoms with E-state index in [0.29, 0.717) is 18.2 Å². The van der Waals surface area contributed by atoms with Crippen molar-refractivity contribution in [3.8, 4) is 22.3 Å². The molecule has 0 N–H and O–H groups in total. The van der Waals surface area contributed by atoms with E-state index in [1.807, 2.05) is 42.5 Å². The second kappa shape index (κ2) is 13.4. The smallest absolute Gasteiger partial charge is 0.161 e. The van der Waals surface area contributed by atoms with Crippen LogP contribution in [0, 0.1) is 0 Å². The summed E-state index contributed by atoms with van der Waals surface area (Å²) in [5, 5.41) is 6.68. The molecule has 0 spiro atoms. The highest BCUT2D eigenvalue weighted by Gasteiger charge is 2.20. The van der Waals surface area contributed by atoms with Crippen LogP contribution in [0.2, 0.25) is 0 Å². The minimum atomic E-state index is 0.474. The highest BCUT2D eigenvalue weighted by Crippen LogP contribution is 2.39. The van der Waals surface area contributed by atoms with Crippen LogP contribution in [0.4, 0.5) is 0 Å². The molecule has 9 aromatic rings. The SMILES string of the molecule is C=N/C(=N\C(=N/Cc1ccccc1)c1ccc2c(ccc3ccccc32)c1)c1ccc(-c2ccc(-c3ccccc3)cc2)c2oc3ccccc3c12. The first-order valence-electron chi connectivity index (χ1n) is 17.4. The number of hydrogen-bond acceptors (Lipinski definition) is 2. The van der Waals surface area contributed by atoms with Crippen molar-refractivity contribution < 1.29 is 4.42 Å². The van der Waals surface area contributed by atoms with Crippen molar-refractivity contribution in [1.29, 1.82) is 0 Å². The highest BCUT2D eigenvalue weighted by atomic mass is 16.3. The fourth-order valence-electron chi connectivity index (χ4n) is 7.09. The van der Waals surface area contributed by atoms with E-state index in [9.17, 15) is 0 Å². The van der Waals surface area contributed by atoms with Gasteiger partial charge in [-0.25, -0.2) is 9.98 Å². The Morgan fingerprint density at radius 3 is 1.98 bits per heavy atom. The lowest BCUT2D eigenvalue weighted by Crippen LogP contribution is -2.06. The van der Waals surface area contributed by atoms with E-state index in [0.717, 1.165) is 60.7 Å². The van der Waals surface area contributed by atoms with Crippen molar-refractivity contribution >= 4 is 61.9 Å². The van der Waals surface area contributed by atoms with Crippen LogP contribution < -0.4 is 0 Å². The van der Waals surface area contributed by atoms with Crippen molar-refractivity contribution in [2.45, 2.75) is 6.54 Å². The first-order valence-corrected chi connectivity index (χ1v) is 17.4. The number of amidine groups is 2. The molecule has 0 saturated carbocycles. The number of nitrogens with zero attached hydrogens (tertiary/aromatic N) is 3. The third kappa shape index (κ3) is 5.76. The summed E-state index contributed by atoms with van der Waals surface area (Å²) in [4.78, 5) is 14.8. The summed E-state index contributed by atoms with van der Waals surface area (Å²) in [5.74, 6) is 1.07. The lowest BCUT2D eigenvalue weighted by Gasteiger charge is -2.11. The summed E-state index contributed by atoms with van der Waals surface area (Å²) in [6.07, 6.45) is 0. The number of hydrogen-bond donors (Lipinski definition) is 0. The highest BCUT2D eigenvalue weighted by molar-refractivity contribution is 6.24. The fourth-order valence-corrected chi connectivity index (χ4v) is 7.09. The van der Waals surface area contributed by atoms with Gasteiger partial charge >= 0.3 is 0 Å². The zero-order valence-corrected chi connectivity index (χ0v) is 28.4. The maximum Gasteiger partial charge on any atom is 0.161 e. The second-order valence-corrected chi connectivity index (χ2v) is 12.8. The average molecular weight is 668 g/mol. The molecule has 4 nitrogen and oxygen atoms in total. The molecule has 0 aliphatic carbocycles. The lowest BCUT2D eigenvalue weighted by atomic mass is 9.96. The van der Waals surface area contributed by atoms with Crippen LogP contribution in [-0.2, 0) is 6.54 Å². The normalized spacial score (nSPS) is 12.2. The molecule has 52 heavy (non-hydrogen) atoms. The molecular weight excluding hydrogens is 635 g/mol. The molecule has 0 unspecified atom stereocenters. The van der Waals surface area contributed by atoms with Crippen LogP contribution in [0.15, 0.2) is 195 Å². The number of rotatable bonds is 6. The van der Waals surface area contributed by atoms with Gasteiger partial charge in [-0.2, -0.15) is 0 Å². The van der Waals surface area contributed by atoms with Crippen LogP contribution in [0.25, 0.3) is 65.7 Å². The molecule has 0 fully saturated rings. The van der Waals surface area contributed by atoms with Gasteiger partial charge in [0.1, 0.15) is 11.2 Å². The Balaban J connectivity index is 1.19. The van der Waals surface area contributed by atoms with E-state index in [1.54, 1.807) is 0 Å². The van der Waals surface area contributed by atoms with E-state index in [-0.39, 0.29) is 0 Å². The van der Waals surface area contributed by atoms with E-state index in [1.165, 1.54) is 21.7 Å². The van der Waals surface area contributed by atoms with Gasteiger partial charge in [0.05, 0.1) is 6.54 Å². The predicted octanol–water partition coefficient (Wildman–Crippen LogP) is 12.3. The van der Waals surface area contributed by atoms with Gasteiger partial charge in [-0.05, 0) is 74.8 Å². The van der Waals surface area contributed by atoms with Crippen molar-refractivity contribution in [2.24, 2.45) is 15.0 Å². The molecular formula is C48H33N3O. The van der Waals surface area contributed by atoms with Crippen molar-refractivity contribution in [1.82, 2.24) is 0 Å². The third-order valence-electron chi connectivity index (χ3n) is 9.69. The molecule has 1 aromatic heterocycles. The second-order valence-electron chi connectivity index (χ2n) is 12.8. The molecule has 0 bridgehead atoms. The van der Waals surface area contributed by atoms with Gasteiger partial charge in [-0.1, -0.05) is 152 Å². The molecule has 0 aliphatic rings. The molecule has 0 radical (unpaired) electrons. The predicted molar refractivity (Wildman–Crippen MR) is 219 cm³/mol. The molecule has 0 saturated heterocycles. The van der Waals surface area contributed by atoms with Gasteiger partial charge in [0.25, 0.3) is 0 Å². The van der Waals surface area contributed by atoms with Crippen LogP contribution in [0.5, 0.6) is 0 Å². The van der Waals surface area contributed by atoms with Crippen molar-refractivity contribution in [2.75, 3.05) is 0 Å². The molecule has 0 amide bonds. The van der Waals surface area contributed by atoms with Gasteiger partial charge in [-0.3, -0.25) is 4.99 Å². The van der Waals surface area contributed by atoms with Gasteiger partial charge < -0.3 is 4.42 Å². The molecule has 0 aliphatic heterocycles. The Bertz CT molecular complexity index is 2810. The van der Waals surface area contributed by atoms with Crippen molar-refractivity contribution in [3.63, 3.8) is 0 Å². The minimum Gasteiger partial charge on any atom is -0.455 e. The van der Waals surface area contributed by atoms with E-state index >= 15 is 0 Å². The Labute approximate surface area is 301 Å². The van der Waals surface area contributed by atoms with Gasteiger partial charge in [0.15, 0.2) is 11.7 Å². The monoisotopic (exact) mass is 667 g/mol. The molecule has 8 aromatic carbocycles. The molecule has 246 valence electrons. The quantitative estimate of drug-likeness (QED) is 0.0989. The number of furan rings is 1. The summed E-state index contributed by atoms with van der Waals surface area (Å²) >= 11 is 0. The van der Waals surface area contributed by atoms with Crippen LogP contribution in [-0.4, -0.2) is 18.4 Å². The Hall–Kier alpha value is -6.91. The first kappa shape index (κ1) is 31.1. The number of aliphatic imine (C=N–C) groups is 3. The zero-order valence-electron chi connectivity index (χ0n) is 28.4. The van der Waals surface area contributed by atoms with E-state index in [2.05, 4.69) is 145 Å². The average Bonchev–Trinajstić information content (AvgIpc) is 3.61. The molecule has 4 heteroatoms. The zero-order chi connectivity index (χ0) is 34.9. The van der Waals surface area contributed by atoms with Crippen molar-refractivity contribution in [3.05, 3.63) is 193 Å². The fraction of sp³-hybridized carbons (Fsp3) is 0.0208. The third-order valence-corrected chi connectivity index (χ3v) is 9.69. The summed E-state index contributed by atoms with van der Waals surface area (Å²) in [6, 6.07) is 60.8. The van der Waals surface area contributed by atoms with E-state index < -0.39 is 0 Å². The molecule has 1 heterocycles. The van der Waals surface area contributed by atoms with Crippen LogP contribution >= 0.6 is 0 Å². The van der Waals surface area contributed by atoms with Gasteiger partial charge in [0, 0.05) is 27.5 Å². The maximum absolute atomic E-state index is 6.62. The maximum atomic E-state index is 6.62. The molecule has 9 rings (SSSR count). The number of fused-ring (bicyclic) bond motifs is 6. The van der Waals surface area contributed by atoms with E-state index in [4.69, 9.17) is 14.4 Å². The lowest BCUT2D eigenvalue weighted by molar-refractivity contribution is 0.670. The van der Waals surface area contributed by atoms with Gasteiger partial charge in [0.2, 0.25) is 0 Å². The van der Waals surface area contributed by atoms with Crippen LogP contribution in [0.1, 0.15) is 16.7 Å². The summed E-state index contributed by atoms with van der Waals surface area (Å²) in [5.41, 5.74) is 8.82. The largest absolute Gasteiger partial charge is 0.455 e. The molecule has 0 atom stereocenters. The minimum absolute atomic E-state index is 0.474. The van der Waals surface area contributed by atoms with Crippen LogP contribution in [0.3, 0.4) is 0 Å². The number of benzene rings is 8. The summed E-state index contributed by atoms with van der Waals surface area (Å²) < 4.78 is 6.62.